The second-order valence-corrected chi connectivity index (χ2v) is 3.36. The van der Waals surface area contributed by atoms with E-state index in [0.717, 1.165) is 4.73 Å². The summed E-state index contributed by atoms with van der Waals surface area (Å²) in [7, 11) is 0. The molecule has 1 amide bonds. The molecule has 2 rings (SSSR count). The molecule has 1 aromatic carbocycles. The van der Waals surface area contributed by atoms with Gasteiger partial charge in [0.15, 0.2) is 6.20 Å². The minimum absolute atomic E-state index is 0.390. The Morgan fingerprint density at radius 3 is 2.69 bits per heavy atom. The second kappa shape index (κ2) is 4.02. The maximum Gasteiger partial charge on any atom is 0.248 e. The molecule has 0 bridgehead atoms. The average molecular weight is 214 g/mol. The number of carbonyl (C=O) groups is 1. The first-order valence-corrected chi connectivity index (χ1v) is 4.77. The molecule has 0 aliphatic heterocycles. The van der Waals surface area contributed by atoms with Crippen molar-refractivity contribution in [2.24, 2.45) is 5.73 Å². The predicted octanol–water partition coefficient (Wildman–Crippen LogP) is 1.09. The highest BCUT2D eigenvalue weighted by molar-refractivity contribution is 5.93. The standard InChI is InChI=1S/C12H10N2O2/c13-12(15)10-5-3-4-9(8-10)11-6-1-2-7-14(11)16/h1-8H,(H2,13,15). The fourth-order valence-electron chi connectivity index (χ4n) is 1.48. The van der Waals surface area contributed by atoms with Crippen molar-refractivity contribution in [3.63, 3.8) is 0 Å². The number of hydrogen-bond acceptors (Lipinski definition) is 2. The van der Waals surface area contributed by atoms with Crippen molar-refractivity contribution in [1.82, 2.24) is 0 Å². The molecule has 0 atom stereocenters. The Morgan fingerprint density at radius 2 is 2.00 bits per heavy atom. The van der Waals surface area contributed by atoms with Crippen LogP contribution in [0.15, 0.2) is 48.7 Å². The van der Waals surface area contributed by atoms with Gasteiger partial charge in [-0.15, -0.1) is 0 Å². The molecule has 4 heteroatoms. The molecule has 0 fully saturated rings. The van der Waals surface area contributed by atoms with Crippen molar-refractivity contribution >= 4 is 5.91 Å². The van der Waals surface area contributed by atoms with Gasteiger partial charge >= 0.3 is 0 Å². The summed E-state index contributed by atoms with van der Waals surface area (Å²) in [5, 5.41) is 11.5. The lowest BCUT2D eigenvalue weighted by molar-refractivity contribution is -0.593. The van der Waals surface area contributed by atoms with E-state index in [9.17, 15) is 10.0 Å². The van der Waals surface area contributed by atoms with Gasteiger partial charge in [0.2, 0.25) is 11.6 Å². The van der Waals surface area contributed by atoms with Crippen molar-refractivity contribution in [3.05, 3.63) is 59.4 Å². The molecule has 0 radical (unpaired) electrons. The summed E-state index contributed by atoms with van der Waals surface area (Å²) in [5.41, 5.74) is 6.73. The van der Waals surface area contributed by atoms with Crippen LogP contribution >= 0.6 is 0 Å². The molecule has 0 unspecified atom stereocenters. The van der Waals surface area contributed by atoms with Crippen LogP contribution in [0.2, 0.25) is 0 Å². The van der Waals surface area contributed by atoms with Gasteiger partial charge in [0.05, 0.1) is 0 Å². The van der Waals surface area contributed by atoms with Crippen molar-refractivity contribution in [1.29, 1.82) is 0 Å². The van der Waals surface area contributed by atoms with E-state index in [4.69, 9.17) is 5.73 Å². The molecule has 2 aromatic rings. The Hall–Kier alpha value is -2.36. The van der Waals surface area contributed by atoms with Gasteiger partial charge in [0.25, 0.3) is 0 Å². The first kappa shape index (κ1) is 10.2. The van der Waals surface area contributed by atoms with Crippen LogP contribution in [0.3, 0.4) is 0 Å². The van der Waals surface area contributed by atoms with Gasteiger partial charge in [-0.25, -0.2) is 0 Å². The van der Waals surface area contributed by atoms with E-state index in [1.165, 1.54) is 6.20 Å². The lowest BCUT2D eigenvalue weighted by atomic mass is 10.1. The van der Waals surface area contributed by atoms with Crippen LogP contribution in [0.4, 0.5) is 0 Å². The Balaban J connectivity index is 2.53. The summed E-state index contributed by atoms with van der Waals surface area (Å²) in [4.78, 5) is 11.0. The first-order valence-electron chi connectivity index (χ1n) is 4.77. The number of carbonyl (C=O) groups excluding carboxylic acids is 1. The van der Waals surface area contributed by atoms with Crippen LogP contribution in [0.5, 0.6) is 0 Å². The summed E-state index contributed by atoms with van der Waals surface area (Å²) in [5.74, 6) is -0.504. The quantitative estimate of drug-likeness (QED) is 0.600. The summed E-state index contributed by atoms with van der Waals surface area (Å²) >= 11 is 0. The molecule has 1 aromatic heterocycles. The van der Waals surface area contributed by atoms with Crippen molar-refractivity contribution in [2.75, 3.05) is 0 Å². The molecule has 0 saturated heterocycles. The Morgan fingerprint density at radius 1 is 1.19 bits per heavy atom. The van der Waals surface area contributed by atoms with E-state index < -0.39 is 5.91 Å². The topological polar surface area (TPSA) is 70.0 Å². The average Bonchev–Trinajstić information content (AvgIpc) is 2.30. The number of hydrogen-bond donors (Lipinski definition) is 1. The zero-order valence-electron chi connectivity index (χ0n) is 8.46. The summed E-state index contributed by atoms with van der Waals surface area (Å²) in [6.45, 7) is 0. The Kier molecular flexibility index (Phi) is 2.55. The van der Waals surface area contributed by atoms with Crippen molar-refractivity contribution in [2.45, 2.75) is 0 Å². The third kappa shape index (κ3) is 1.86. The maximum atomic E-state index is 11.5. The third-order valence-corrected chi connectivity index (χ3v) is 2.27. The smallest absolute Gasteiger partial charge is 0.248 e. The molecule has 0 aliphatic carbocycles. The van der Waals surface area contributed by atoms with Gasteiger partial charge in [0, 0.05) is 23.3 Å². The van der Waals surface area contributed by atoms with Gasteiger partial charge in [-0.3, -0.25) is 4.79 Å². The minimum Gasteiger partial charge on any atom is -0.618 e. The Bertz CT molecular complexity index is 538. The molecular formula is C12H10N2O2. The predicted molar refractivity (Wildman–Crippen MR) is 59.4 cm³/mol. The van der Waals surface area contributed by atoms with E-state index in [0.29, 0.717) is 16.8 Å². The van der Waals surface area contributed by atoms with Gasteiger partial charge in [0.1, 0.15) is 0 Å². The molecule has 0 spiro atoms. The van der Waals surface area contributed by atoms with Crippen molar-refractivity contribution < 1.29 is 9.52 Å². The van der Waals surface area contributed by atoms with E-state index in [2.05, 4.69) is 0 Å². The molecule has 1 heterocycles. The van der Waals surface area contributed by atoms with Crippen LogP contribution in [0.25, 0.3) is 11.3 Å². The normalized spacial score (nSPS) is 10.0. The number of primary amides is 1. The van der Waals surface area contributed by atoms with Crippen molar-refractivity contribution in [3.8, 4) is 11.3 Å². The van der Waals surface area contributed by atoms with Crippen LogP contribution < -0.4 is 10.5 Å². The zero-order chi connectivity index (χ0) is 11.5. The number of rotatable bonds is 2. The number of nitrogens with zero attached hydrogens (tertiary/aromatic N) is 1. The maximum absolute atomic E-state index is 11.5. The van der Waals surface area contributed by atoms with Crippen LogP contribution in [0.1, 0.15) is 10.4 Å². The summed E-state index contributed by atoms with van der Waals surface area (Å²) < 4.78 is 0.750. The van der Waals surface area contributed by atoms with E-state index in [1.54, 1.807) is 42.5 Å². The monoisotopic (exact) mass is 214 g/mol. The highest BCUT2D eigenvalue weighted by Gasteiger charge is 2.09. The van der Waals surface area contributed by atoms with Gasteiger partial charge in [-0.05, 0) is 24.3 Å². The number of nitrogens with two attached hydrogens (primary N) is 1. The minimum atomic E-state index is -0.504. The summed E-state index contributed by atoms with van der Waals surface area (Å²) in [6.07, 6.45) is 1.41. The van der Waals surface area contributed by atoms with Gasteiger partial charge < -0.3 is 10.9 Å². The van der Waals surface area contributed by atoms with E-state index in [-0.39, 0.29) is 0 Å². The summed E-state index contributed by atoms with van der Waals surface area (Å²) in [6, 6.07) is 11.8. The fourth-order valence-corrected chi connectivity index (χ4v) is 1.48. The van der Waals surface area contributed by atoms with Gasteiger partial charge in [-0.2, -0.15) is 4.73 Å². The molecule has 80 valence electrons. The van der Waals surface area contributed by atoms with E-state index in [1.807, 2.05) is 0 Å². The molecule has 0 aliphatic rings. The molecular weight excluding hydrogens is 204 g/mol. The molecule has 4 nitrogen and oxygen atoms in total. The van der Waals surface area contributed by atoms with E-state index >= 15 is 0 Å². The highest BCUT2D eigenvalue weighted by Crippen LogP contribution is 2.16. The SMILES string of the molecule is NC(=O)c1cccc(-c2cccc[n+]2[O-])c1. The third-order valence-electron chi connectivity index (χ3n) is 2.27. The second-order valence-electron chi connectivity index (χ2n) is 3.36. The van der Waals surface area contributed by atoms with Gasteiger partial charge in [-0.1, -0.05) is 6.07 Å². The number of benzene rings is 1. The molecule has 2 N–H and O–H groups in total. The number of aromatic nitrogens is 1. The zero-order valence-corrected chi connectivity index (χ0v) is 8.46. The Labute approximate surface area is 92.5 Å². The number of amides is 1. The van der Waals surface area contributed by atoms with Crippen LogP contribution in [-0.4, -0.2) is 5.91 Å². The van der Waals surface area contributed by atoms with Crippen LogP contribution in [0, 0.1) is 5.21 Å². The highest BCUT2D eigenvalue weighted by atomic mass is 16.5. The molecule has 16 heavy (non-hydrogen) atoms. The lowest BCUT2D eigenvalue weighted by Gasteiger charge is -2.04. The molecule has 0 saturated carbocycles. The first-order chi connectivity index (χ1) is 7.68. The van der Waals surface area contributed by atoms with Crippen LogP contribution in [-0.2, 0) is 0 Å². The fraction of sp³-hybridized carbons (Fsp3) is 0. The lowest BCUT2D eigenvalue weighted by Crippen LogP contribution is -2.28. The largest absolute Gasteiger partial charge is 0.618 e. The number of pyridine rings is 1.